The molecule has 2 saturated heterocycles. The van der Waals surface area contributed by atoms with Gasteiger partial charge in [0.15, 0.2) is 11.2 Å². The highest BCUT2D eigenvalue weighted by molar-refractivity contribution is 5.77. The van der Waals surface area contributed by atoms with Crippen LogP contribution in [0.4, 0.5) is 25.1 Å². The van der Waals surface area contributed by atoms with Crippen molar-refractivity contribution in [1.29, 1.82) is 0 Å². The number of nitrogens with zero attached hydrogens (tertiary/aromatic N) is 6. The second-order valence-electron chi connectivity index (χ2n) is 8.95. The van der Waals surface area contributed by atoms with Crippen molar-refractivity contribution in [3.05, 3.63) is 10.4 Å². The van der Waals surface area contributed by atoms with Crippen LogP contribution in [0.2, 0.25) is 0 Å². The average Bonchev–Trinajstić information content (AvgIpc) is 3.28. The van der Waals surface area contributed by atoms with E-state index in [0.717, 1.165) is 51.5 Å². The minimum absolute atomic E-state index is 0.157. The van der Waals surface area contributed by atoms with Gasteiger partial charge in [-0.25, -0.2) is 4.79 Å². The number of hydrogen-bond donors (Lipinski definition) is 2. The molecule has 2 fully saturated rings. The smallest absolute Gasteiger partial charge is 0.475 e. The Morgan fingerprint density at radius 3 is 2.38 bits per heavy atom. The molecule has 2 aromatic heterocycles. The maximum atomic E-state index is 13.5. The van der Waals surface area contributed by atoms with Gasteiger partial charge in [-0.05, 0) is 26.7 Å². The number of piperidine rings is 1. The molecule has 1 atom stereocenters. The predicted molar refractivity (Wildman–Crippen MR) is 137 cm³/mol. The maximum Gasteiger partial charge on any atom is 0.490 e. The van der Waals surface area contributed by atoms with Crippen LogP contribution in [0.3, 0.4) is 0 Å². The fourth-order valence-corrected chi connectivity index (χ4v) is 4.45. The van der Waals surface area contributed by atoms with Crippen molar-refractivity contribution in [3.63, 3.8) is 0 Å². The van der Waals surface area contributed by atoms with Crippen LogP contribution in [0.1, 0.15) is 26.7 Å². The number of rotatable bonds is 5. The number of esters is 1. The van der Waals surface area contributed by atoms with Crippen molar-refractivity contribution >= 4 is 35.0 Å². The summed E-state index contributed by atoms with van der Waals surface area (Å²) in [6, 6.07) is 0. The molecule has 4 rings (SSSR count). The van der Waals surface area contributed by atoms with Crippen molar-refractivity contribution in [2.24, 2.45) is 13.0 Å². The summed E-state index contributed by atoms with van der Waals surface area (Å²) in [5, 5.41) is 10.5. The first-order valence-corrected chi connectivity index (χ1v) is 12.5. The first-order chi connectivity index (χ1) is 18.5. The number of nitrogens with one attached hydrogen (secondary N) is 1. The number of fused-ring (bicyclic) bond motifs is 1. The minimum atomic E-state index is -5.08. The zero-order chi connectivity index (χ0) is 28.7. The molecule has 0 bridgehead atoms. The standard InChI is InChI=1S/C22H31N7O3.C2HF3O2/c1-4-6-12-29-17-18(25-22(29)27-13-9-23-10-14-27)24-21(26(3)19(17)30)28-11-7-8-16(15-28)20(31)32-5-2;3-2(4,5)1(6)7/h16,23H,5,7-15H2,1-3H3;(H,6,7). The van der Waals surface area contributed by atoms with Crippen LogP contribution in [0.15, 0.2) is 4.79 Å². The largest absolute Gasteiger partial charge is 0.490 e. The van der Waals surface area contributed by atoms with Gasteiger partial charge in [-0.2, -0.15) is 23.1 Å². The van der Waals surface area contributed by atoms with E-state index >= 15 is 0 Å². The van der Waals surface area contributed by atoms with Crippen molar-refractivity contribution in [2.75, 3.05) is 55.7 Å². The van der Waals surface area contributed by atoms with Crippen LogP contribution in [-0.2, 0) is 27.9 Å². The van der Waals surface area contributed by atoms with Gasteiger partial charge < -0.3 is 25.0 Å². The van der Waals surface area contributed by atoms with E-state index in [-0.39, 0.29) is 17.4 Å². The number of ether oxygens (including phenoxy) is 1. The summed E-state index contributed by atoms with van der Waals surface area (Å²) >= 11 is 0. The van der Waals surface area contributed by atoms with E-state index in [9.17, 15) is 22.8 Å². The zero-order valence-electron chi connectivity index (χ0n) is 22.0. The summed E-state index contributed by atoms with van der Waals surface area (Å²) in [4.78, 5) is 48.4. The van der Waals surface area contributed by atoms with E-state index in [2.05, 4.69) is 22.1 Å². The van der Waals surface area contributed by atoms with Gasteiger partial charge in [0.25, 0.3) is 5.56 Å². The molecule has 0 aliphatic carbocycles. The molecule has 15 heteroatoms. The van der Waals surface area contributed by atoms with Crippen LogP contribution >= 0.6 is 0 Å². The van der Waals surface area contributed by atoms with Gasteiger partial charge in [0.1, 0.15) is 0 Å². The second kappa shape index (κ2) is 12.8. The lowest BCUT2D eigenvalue weighted by molar-refractivity contribution is -0.192. The zero-order valence-corrected chi connectivity index (χ0v) is 22.0. The number of hydrogen-bond acceptors (Lipinski definition) is 9. The van der Waals surface area contributed by atoms with Gasteiger partial charge in [0, 0.05) is 46.3 Å². The highest BCUT2D eigenvalue weighted by atomic mass is 19.4. The Labute approximate surface area is 222 Å². The predicted octanol–water partition coefficient (Wildman–Crippen LogP) is 0.976. The highest BCUT2D eigenvalue weighted by Crippen LogP contribution is 2.25. The van der Waals surface area contributed by atoms with E-state index in [1.807, 2.05) is 16.4 Å². The molecule has 0 saturated carbocycles. The summed E-state index contributed by atoms with van der Waals surface area (Å²) in [7, 11) is 1.73. The van der Waals surface area contributed by atoms with Gasteiger partial charge in [0.2, 0.25) is 11.9 Å². The quantitative estimate of drug-likeness (QED) is 0.406. The fourth-order valence-electron chi connectivity index (χ4n) is 4.45. The number of halogens is 3. The Morgan fingerprint density at radius 2 is 1.79 bits per heavy atom. The first kappa shape index (κ1) is 29.8. The molecule has 214 valence electrons. The van der Waals surface area contributed by atoms with Crippen molar-refractivity contribution < 1.29 is 32.6 Å². The number of carboxylic acids is 1. The first-order valence-electron chi connectivity index (χ1n) is 12.5. The monoisotopic (exact) mass is 555 g/mol. The van der Waals surface area contributed by atoms with Crippen LogP contribution in [0, 0.1) is 17.8 Å². The van der Waals surface area contributed by atoms with Crippen LogP contribution in [-0.4, -0.2) is 88.2 Å². The van der Waals surface area contributed by atoms with E-state index in [0.29, 0.717) is 36.8 Å². The topological polar surface area (TPSA) is 135 Å². The molecule has 0 amide bonds. The molecule has 0 spiro atoms. The maximum absolute atomic E-state index is 13.5. The van der Waals surface area contributed by atoms with Crippen LogP contribution in [0.25, 0.3) is 11.2 Å². The average molecular weight is 556 g/mol. The van der Waals surface area contributed by atoms with Crippen molar-refractivity contribution in [2.45, 2.75) is 39.4 Å². The third-order valence-corrected chi connectivity index (χ3v) is 6.32. The third kappa shape index (κ3) is 6.99. The summed E-state index contributed by atoms with van der Waals surface area (Å²) in [6.07, 6.45) is -3.47. The minimum Gasteiger partial charge on any atom is -0.475 e. The molecule has 39 heavy (non-hydrogen) atoms. The Balaban J connectivity index is 0.000000532. The molecule has 1 unspecified atom stereocenters. The second-order valence-corrected chi connectivity index (χ2v) is 8.95. The lowest BCUT2D eigenvalue weighted by Gasteiger charge is -2.32. The third-order valence-electron chi connectivity index (χ3n) is 6.32. The van der Waals surface area contributed by atoms with E-state index < -0.39 is 12.1 Å². The number of anilines is 2. The summed E-state index contributed by atoms with van der Waals surface area (Å²) < 4.78 is 40.4. The molecule has 4 heterocycles. The summed E-state index contributed by atoms with van der Waals surface area (Å²) in [6.45, 7) is 8.91. The number of imidazole rings is 1. The number of alkyl halides is 3. The molecule has 0 aromatic carbocycles. The van der Waals surface area contributed by atoms with Crippen LogP contribution < -0.4 is 20.7 Å². The van der Waals surface area contributed by atoms with Gasteiger partial charge in [0.05, 0.1) is 19.1 Å². The molecular weight excluding hydrogens is 523 g/mol. The fraction of sp³-hybridized carbons (Fsp3) is 0.625. The van der Waals surface area contributed by atoms with E-state index in [1.165, 1.54) is 0 Å². The molecule has 2 aliphatic heterocycles. The molecule has 2 N–H and O–H groups in total. The number of carbonyl (C=O) groups is 2. The molecule has 2 aromatic rings. The van der Waals surface area contributed by atoms with Crippen LogP contribution in [0.5, 0.6) is 0 Å². The molecule has 12 nitrogen and oxygen atoms in total. The number of aromatic nitrogens is 4. The van der Waals surface area contributed by atoms with Gasteiger partial charge >= 0.3 is 18.1 Å². The van der Waals surface area contributed by atoms with E-state index in [4.69, 9.17) is 24.6 Å². The summed E-state index contributed by atoms with van der Waals surface area (Å²) in [5.41, 5.74) is 0.731. The van der Waals surface area contributed by atoms with Crippen molar-refractivity contribution in [3.8, 4) is 11.8 Å². The Morgan fingerprint density at radius 1 is 1.15 bits per heavy atom. The Bertz CT molecular complexity index is 1310. The van der Waals surface area contributed by atoms with Gasteiger partial charge in [-0.15, -0.1) is 5.92 Å². The number of carbonyl (C=O) groups excluding carboxylic acids is 1. The molecule has 2 aliphatic rings. The van der Waals surface area contributed by atoms with Gasteiger partial charge in [-0.1, -0.05) is 5.92 Å². The number of aliphatic carboxylic acids is 1. The van der Waals surface area contributed by atoms with Gasteiger partial charge in [-0.3, -0.25) is 18.7 Å². The SMILES string of the molecule is CC#CCn1c(N2CCNCC2)nc2nc(N3CCCC(C(=O)OCC)C3)n(C)c(=O)c21.O=C(O)C(F)(F)F. The lowest BCUT2D eigenvalue weighted by atomic mass is 9.98. The Kier molecular flexibility index (Phi) is 9.79. The molecule has 0 radical (unpaired) electrons. The number of carboxylic acid groups (broad SMARTS) is 1. The van der Waals surface area contributed by atoms with Crippen molar-refractivity contribution in [1.82, 2.24) is 24.4 Å². The molecular formula is C24H32F3N7O5. The summed E-state index contributed by atoms with van der Waals surface area (Å²) in [5.74, 6) is 4.09. The normalized spacial score (nSPS) is 17.6. The van der Waals surface area contributed by atoms with E-state index in [1.54, 1.807) is 18.5 Å². The lowest BCUT2D eigenvalue weighted by Crippen LogP contribution is -2.44. The Hall–Kier alpha value is -3.80. The number of piperazine rings is 1. The highest BCUT2D eigenvalue weighted by Gasteiger charge is 2.38.